The topological polar surface area (TPSA) is 71.4 Å². The number of benzene rings is 4. The van der Waals surface area contributed by atoms with Crippen LogP contribution in [-0.2, 0) is 29.7 Å². The van der Waals surface area contributed by atoms with Gasteiger partial charge in [0.05, 0.1) is 12.3 Å². The minimum Gasteiger partial charge on any atom is -0.461 e. The Morgan fingerprint density at radius 3 is 2.06 bits per heavy atom. The maximum absolute atomic E-state index is 13.4. The van der Waals surface area contributed by atoms with Crippen LogP contribution in [-0.4, -0.2) is 47.0 Å². The van der Waals surface area contributed by atoms with Gasteiger partial charge in [-0.15, -0.1) is 0 Å². The van der Waals surface area contributed by atoms with Gasteiger partial charge in [-0.3, -0.25) is 4.68 Å². The Morgan fingerprint density at radius 1 is 0.857 bits per heavy atom. The number of hydrazine groups is 1. The van der Waals surface area contributed by atoms with Gasteiger partial charge in [0.15, 0.2) is 0 Å². The first-order valence-corrected chi connectivity index (χ1v) is 18.0. The molecule has 5 aromatic rings. The predicted molar refractivity (Wildman–Crippen MR) is 198 cm³/mol. The van der Waals surface area contributed by atoms with Crippen LogP contribution < -0.4 is 10.7 Å². The first-order chi connectivity index (χ1) is 24.1. The standard InChI is InChI=1S/C41H42BrN5O2/c1-2-49-40(48)39-35-23-24-37-36(38(35)45-46(39)28-12-26-43-27-25-30-19-21-34(42)22-20-30)29-47(44-37)41(31-13-6-3-7-14-31,32-15-8-4-9-16-32)33-17-10-5-11-18-33/h3-11,13-22,43-44H,2,12,23-29H2,1H3. The van der Waals surface area contributed by atoms with Crippen molar-refractivity contribution in [2.24, 2.45) is 0 Å². The molecule has 2 aliphatic rings. The zero-order valence-corrected chi connectivity index (χ0v) is 29.5. The van der Waals surface area contributed by atoms with Crippen molar-refractivity contribution in [2.75, 3.05) is 26.2 Å². The van der Waals surface area contributed by atoms with Gasteiger partial charge in [0.25, 0.3) is 0 Å². The number of rotatable bonds is 13. The molecular weight excluding hydrogens is 674 g/mol. The first kappa shape index (κ1) is 33.0. The number of fused-ring (bicyclic) bond motifs is 2. The van der Waals surface area contributed by atoms with E-state index in [0.29, 0.717) is 25.4 Å². The summed E-state index contributed by atoms with van der Waals surface area (Å²) >= 11 is 3.51. The molecule has 0 saturated heterocycles. The normalized spacial score (nSPS) is 14.3. The van der Waals surface area contributed by atoms with Gasteiger partial charge >= 0.3 is 5.97 Å². The van der Waals surface area contributed by atoms with Crippen molar-refractivity contribution < 1.29 is 9.53 Å². The fraction of sp³-hybridized carbons (Fsp3) is 0.268. The molecule has 1 aromatic heterocycles. The quantitative estimate of drug-likeness (QED) is 0.0747. The predicted octanol–water partition coefficient (Wildman–Crippen LogP) is 7.51. The Labute approximate surface area is 297 Å². The van der Waals surface area contributed by atoms with Crippen molar-refractivity contribution in [2.45, 2.75) is 44.7 Å². The third-order valence-electron chi connectivity index (χ3n) is 9.59. The molecule has 49 heavy (non-hydrogen) atoms. The van der Waals surface area contributed by atoms with Gasteiger partial charge in [-0.1, -0.05) is 119 Å². The summed E-state index contributed by atoms with van der Waals surface area (Å²) in [7, 11) is 0. The number of esters is 1. The molecule has 1 aliphatic heterocycles. The summed E-state index contributed by atoms with van der Waals surface area (Å²) in [4.78, 5) is 13.4. The SMILES string of the molecule is CCOC(=O)c1c2c(nn1CCCNCCc1ccc(Br)cc1)C1=C(CC2)NN(C(c2ccccc2)(c2ccccc2)c2ccccc2)C1. The highest BCUT2D eigenvalue weighted by atomic mass is 79.9. The summed E-state index contributed by atoms with van der Waals surface area (Å²) in [5.74, 6) is -0.293. The lowest BCUT2D eigenvalue weighted by Crippen LogP contribution is -2.52. The number of aromatic nitrogens is 2. The summed E-state index contributed by atoms with van der Waals surface area (Å²) in [5, 5.41) is 11.1. The van der Waals surface area contributed by atoms with Gasteiger partial charge in [-0.2, -0.15) is 10.1 Å². The van der Waals surface area contributed by atoms with Gasteiger partial charge in [0.1, 0.15) is 11.2 Å². The molecule has 0 radical (unpaired) electrons. The van der Waals surface area contributed by atoms with Crippen LogP contribution in [0.4, 0.5) is 0 Å². The Kier molecular flexibility index (Phi) is 10.1. The summed E-state index contributed by atoms with van der Waals surface area (Å²) in [6.45, 7) is 5.17. The molecule has 250 valence electrons. The van der Waals surface area contributed by atoms with Crippen LogP contribution in [0.25, 0.3) is 5.57 Å². The third-order valence-corrected chi connectivity index (χ3v) is 10.1. The number of nitrogens with one attached hydrogen (secondary N) is 2. The zero-order valence-electron chi connectivity index (χ0n) is 27.9. The van der Waals surface area contributed by atoms with Gasteiger partial charge in [0.2, 0.25) is 0 Å². The van der Waals surface area contributed by atoms with Crippen molar-refractivity contribution in [3.8, 4) is 0 Å². The number of aryl methyl sites for hydroxylation is 1. The number of halogens is 1. The molecule has 0 unspecified atom stereocenters. The maximum atomic E-state index is 13.4. The number of hydrogen-bond acceptors (Lipinski definition) is 6. The summed E-state index contributed by atoms with van der Waals surface area (Å²) < 4.78 is 8.59. The van der Waals surface area contributed by atoms with E-state index in [1.807, 2.05) is 11.6 Å². The van der Waals surface area contributed by atoms with E-state index in [1.165, 1.54) is 22.3 Å². The van der Waals surface area contributed by atoms with E-state index in [-0.39, 0.29) is 5.97 Å². The minimum atomic E-state index is -0.615. The summed E-state index contributed by atoms with van der Waals surface area (Å²) in [5.41, 5.74) is 12.9. The third kappa shape index (κ3) is 6.61. The molecule has 4 aromatic carbocycles. The number of carbonyl (C=O) groups is 1. The molecule has 1 aliphatic carbocycles. The number of nitrogens with zero attached hydrogens (tertiary/aromatic N) is 3. The number of carbonyl (C=O) groups excluding carboxylic acids is 1. The minimum absolute atomic E-state index is 0.293. The molecule has 0 amide bonds. The van der Waals surface area contributed by atoms with Gasteiger partial charge in [-0.25, -0.2) is 4.79 Å². The molecule has 0 atom stereocenters. The van der Waals surface area contributed by atoms with E-state index in [4.69, 9.17) is 9.84 Å². The molecule has 0 saturated carbocycles. The molecule has 2 heterocycles. The van der Waals surface area contributed by atoms with Crippen LogP contribution in [0.15, 0.2) is 125 Å². The molecule has 0 fully saturated rings. The highest BCUT2D eigenvalue weighted by Gasteiger charge is 2.47. The van der Waals surface area contributed by atoms with Crippen molar-refractivity contribution in [1.29, 1.82) is 0 Å². The zero-order chi connectivity index (χ0) is 33.6. The number of allylic oxidation sites excluding steroid dienone is 1. The average Bonchev–Trinajstić information content (AvgIpc) is 3.74. The van der Waals surface area contributed by atoms with Crippen molar-refractivity contribution in [1.82, 2.24) is 25.5 Å². The van der Waals surface area contributed by atoms with E-state index >= 15 is 0 Å². The number of hydrogen-bond donors (Lipinski definition) is 2. The van der Waals surface area contributed by atoms with E-state index in [2.05, 4.69) is 147 Å². The van der Waals surface area contributed by atoms with Gasteiger partial charge in [0, 0.05) is 34.4 Å². The summed E-state index contributed by atoms with van der Waals surface area (Å²) in [6.07, 6.45) is 3.34. The lowest BCUT2D eigenvalue weighted by Gasteiger charge is -2.43. The second-order valence-corrected chi connectivity index (χ2v) is 13.5. The molecule has 8 heteroatoms. The molecule has 0 spiro atoms. The fourth-order valence-corrected chi connectivity index (χ4v) is 7.60. The Balaban J connectivity index is 1.17. The fourth-order valence-electron chi connectivity index (χ4n) is 7.34. The lowest BCUT2D eigenvalue weighted by molar-refractivity contribution is 0.0510. The Hall–Kier alpha value is -4.50. The van der Waals surface area contributed by atoms with E-state index in [1.54, 1.807) is 0 Å². The molecule has 0 bridgehead atoms. The van der Waals surface area contributed by atoms with Crippen molar-refractivity contribution in [3.63, 3.8) is 0 Å². The van der Waals surface area contributed by atoms with E-state index in [0.717, 1.165) is 65.8 Å². The number of ether oxygens (including phenoxy) is 1. The smallest absolute Gasteiger partial charge is 0.356 e. The molecular formula is C41H42BrN5O2. The van der Waals surface area contributed by atoms with Crippen molar-refractivity contribution >= 4 is 27.5 Å². The van der Waals surface area contributed by atoms with Crippen LogP contribution in [0, 0.1) is 0 Å². The Morgan fingerprint density at radius 2 is 1.47 bits per heavy atom. The average molecular weight is 717 g/mol. The second kappa shape index (κ2) is 14.9. The van der Waals surface area contributed by atoms with Crippen LogP contribution >= 0.6 is 15.9 Å². The monoisotopic (exact) mass is 715 g/mol. The summed E-state index contributed by atoms with van der Waals surface area (Å²) in [6, 6.07) is 40.6. The second-order valence-electron chi connectivity index (χ2n) is 12.6. The van der Waals surface area contributed by atoms with Gasteiger partial charge in [-0.05, 0) is 80.1 Å². The van der Waals surface area contributed by atoms with E-state index in [9.17, 15) is 4.79 Å². The van der Waals surface area contributed by atoms with Crippen LogP contribution in [0.5, 0.6) is 0 Å². The Bertz CT molecular complexity index is 1810. The van der Waals surface area contributed by atoms with Gasteiger partial charge < -0.3 is 15.5 Å². The van der Waals surface area contributed by atoms with E-state index < -0.39 is 5.54 Å². The molecule has 2 N–H and O–H groups in total. The molecule has 7 rings (SSSR count). The maximum Gasteiger partial charge on any atom is 0.356 e. The van der Waals surface area contributed by atoms with Crippen LogP contribution in [0.1, 0.15) is 63.8 Å². The lowest BCUT2D eigenvalue weighted by atomic mass is 9.76. The van der Waals surface area contributed by atoms with Crippen LogP contribution in [0.3, 0.4) is 0 Å². The highest BCUT2D eigenvalue weighted by molar-refractivity contribution is 9.10. The van der Waals surface area contributed by atoms with Crippen LogP contribution in [0.2, 0.25) is 0 Å². The largest absolute Gasteiger partial charge is 0.461 e. The van der Waals surface area contributed by atoms with Crippen molar-refractivity contribution in [3.05, 3.63) is 165 Å². The first-order valence-electron chi connectivity index (χ1n) is 17.2. The molecule has 7 nitrogen and oxygen atoms in total. The highest BCUT2D eigenvalue weighted by Crippen LogP contribution is 2.46.